The molecule has 128 valence electrons. The van der Waals surface area contributed by atoms with Gasteiger partial charge < -0.3 is 9.47 Å². The Balaban J connectivity index is 2.33. The lowest BCUT2D eigenvalue weighted by atomic mass is 10.1. The van der Waals surface area contributed by atoms with Crippen LogP contribution in [-0.2, 0) is 4.79 Å². The maximum absolute atomic E-state index is 12.4. The van der Waals surface area contributed by atoms with Crippen molar-refractivity contribution in [2.24, 2.45) is 0 Å². The number of methoxy groups -OCH3 is 1. The van der Waals surface area contributed by atoms with E-state index in [2.05, 4.69) is 6.58 Å². The molecule has 0 N–H and O–H groups in total. The van der Waals surface area contributed by atoms with Crippen LogP contribution < -0.4 is 9.47 Å². The first kappa shape index (κ1) is 18.8. The fourth-order valence-corrected chi connectivity index (χ4v) is 3.65. The third kappa shape index (κ3) is 4.12. The van der Waals surface area contributed by atoms with Gasteiger partial charge in [-0.1, -0.05) is 48.6 Å². The number of ether oxygens (including phenoxy) is 2. The van der Waals surface area contributed by atoms with Gasteiger partial charge in [-0.3, -0.25) is 9.69 Å². The second kappa shape index (κ2) is 8.55. The normalized spacial score (nSPS) is 16.0. The molecular formula is C17H18ClNO3S2. The monoisotopic (exact) mass is 383 g/mol. The van der Waals surface area contributed by atoms with Crippen LogP contribution in [0.5, 0.6) is 11.5 Å². The molecule has 2 rings (SSSR count). The molecular weight excluding hydrogens is 366 g/mol. The van der Waals surface area contributed by atoms with Gasteiger partial charge in [0.15, 0.2) is 11.5 Å². The molecule has 0 aliphatic carbocycles. The Morgan fingerprint density at radius 1 is 1.46 bits per heavy atom. The van der Waals surface area contributed by atoms with Crippen molar-refractivity contribution >= 4 is 51.9 Å². The van der Waals surface area contributed by atoms with Crippen LogP contribution in [0.1, 0.15) is 18.9 Å². The number of carbonyl (C=O) groups is 1. The molecule has 0 radical (unpaired) electrons. The van der Waals surface area contributed by atoms with E-state index in [4.69, 9.17) is 33.3 Å². The van der Waals surface area contributed by atoms with Crippen LogP contribution in [0.15, 0.2) is 29.7 Å². The first-order valence-corrected chi connectivity index (χ1v) is 8.98. The highest BCUT2D eigenvalue weighted by molar-refractivity contribution is 8.26. The topological polar surface area (TPSA) is 38.8 Å². The van der Waals surface area contributed by atoms with E-state index < -0.39 is 0 Å². The summed E-state index contributed by atoms with van der Waals surface area (Å²) in [5.74, 6) is 0.910. The van der Waals surface area contributed by atoms with Gasteiger partial charge in [0.1, 0.15) is 4.32 Å². The highest BCUT2D eigenvalue weighted by atomic mass is 35.5. The lowest BCUT2D eigenvalue weighted by Gasteiger charge is -2.13. The SMILES string of the molecule is C=CCN1C(=O)/C(=C/c2cc(Cl)c(OCCC)c(OC)c2)SC1=S. The van der Waals surface area contributed by atoms with Crippen LogP contribution >= 0.6 is 35.6 Å². The van der Waals surface area contributed by atoms with Crippen molar-refractivity contribution in [3.8, 4) is 11.5 Å². The second-order valence-corrected chi connectivity index (χ2v) is 7.05. The summed E-state index contributed by atoms with van der Waals surface area (Å²) < 4.78 is 11.5. The van der Waals surface area contributed by atoms with E-state index in [1.54, 1.807) is 31.4 Å². The summed E-state index contributed by atoms with van der Waals surface area (Å²) >= 11 is 12.8. The molecule has 0 atom stereocenters. The summed E-state index contributed by atoms with van der Waals surface area (Å²) in [6.07, 6.45) is 4.26. The van der Waals surface area contributed by atoms with Crippen LogP contribution in [0, 0.1) is 0 Å². The minimum Gasteiger partial charge on any atom is -0.493 e. The maximum Gasteiger partial charge on any atom is 0.266 e. The van der Waals surface area contributed by atoms with E-state index in [9.17, 15) is 4.79 Å². The Hall–Kier alpha value is -1.50. The molecule has 1 aromatic carbocycles. The lowest BCUT2D eigenvalue weighted by molar-refractivity contribution is -0.121. The zero-order chi connectivity index (χ0) is 17.7. The molecule has 1 fully saturated rings. The third-order valence-corrected chi connectivity index (χ3v) is 4.84. The summed E-state index contributed by atoms with van der Waals surface area (Å²) in [6, 6.07) is 3.53. The fraction of sp³-hybridized carbons (Fsp3) is 0.294. The van der Waals surface area contributed by atoms with Crippen molar-refractivity contribution in [3.63, 3.8) is 0 Å². The second-order valence-electron chi connectivity index (χ2n) is 4.96. The Kier molecular flexibility index (Phi) is 6.71. The molecule has 7 heteroatoms. The minimum atomic E-state index is -0.133. The average Bonchev–Trinajstić information content (AvgIpc) is 2.81. The van der Waals surface area contributed by atoms with E-state index >= 15 is 0 Å². The molecule has 1 saturated heterocycles. The van der Waals surface area contributed by atoms with Crippen LogP contribution in [-0.4, -0.2) is 35.4 Å². The number of halogens is 1. The van der Waals surface area contributed by atoms with E-state index in [0.29, 0.717) is 38.9 Å². The van der Waals surface area contributed by atoms with Crippen molar-refractivity contribution in [1.29, 1.82) is 0 Å². The zero-order valence-corrected chi connectivity index (χ0v) is 15.9. The number of amides is 1. The van der Waals surface area contributed by atoms with Crippen LogP contribution in [0.25, 0.3) is 6.08 Å². The molecule has 0 aromatic heterocycles. The standard InChI is InChI=1S/C17H18ClNO3S2/c1-4-6-19-16(20)14(24-17(19)23)10-11-8-12(18)15(22-7-5-2)13(9-11)21-3/h4,8-10H,1,5-7H2,2-3H3/b14-10-. The highest BCUT2D eigenvalue weighted by Gasteiger charge is 2.31. The van der Waals surface area contributed by atoms with Crippen LogP contribution in [0.2, 0.25) is 5.02 Å². The molecule has 1 amide bonds. The largest absolute Gasteiger partial charge is 0.493 e. The Bertz CT molecular complexity index is 703. The van der Waals surface area contributed by atoms with Gasteiger partial charge in [0.05, 0.1) is 23.6 Å². The van der Waals surface area contributed by atoms with Gasteiger partial charge in [-0.05, 0) is 30.2 Å². The molecule has 4 nitrogen and oxygen atoms in total. The predicted molar refractivity (Wildman–Crippen MR) is 104 cm³/mol. The van der Waals surface area contributed by atoms with Gasteiger partial charge in [-0.2, -0.15) is 0 Å². The van der Waals surface area contributed by atoms with E-state index in [-0.39, 0.29) is 5.91 Å². The quantitative estimate of drug-likeness (QED) is 0.393. The van der Waals surface area contributed by atoms with Gasteiger partial charge in [0, 0.05) is 6.54 Å². The van der Waals surface area contributed by atoms with Gasteiger partial charge in [0.2, 0.25) is 0 Å². The smallest absolute Gasteiger partial charge is 0.266 e. The molecule has 0 unspecified atom stereocenters. The molecule has 0 bridgehead atoms. The number of hydrogen-bond acceptors (Lipinski definition) is 5. The van der Waals surface area contributed by atoms with Gasteiger partial charge in [-0.15, -0.1) is 6.58 Å². The van der Waals surface area contributed by atoms with Crippen molar-refractivity contribution in [3.05, 3.63) is 40.3 Å². The van der Waals surface area contributed by atoms with Gasteiger partial charge >= 0.3 is 0 Å². The summed E-state index contributed by atoms with van der Waals surface area (Å²) in [4.78, 5) is 14.4. The van der Waals surface area contributed by atoms with Gasteiger partial charge in [-0.25, -0.2) is 0 Å². The summed E-state index contributed by atoms with van der Waals surface area (Å²) in [7, 11) is 1.55. The Labute approximate surface area is 156 Å². The van der Waals surface area contributed by atoms with Crippen molar-refractivity contribution in [2.75, 3.05) is 20.3 Å². The van der Waals surface area contributed by atoms with Crippen LogP contribution in [0.3, 0.4) is 0 Å². The molecule has 24 heavy (non-hydrogen) atoms. The number of thiocarbonyl (C=S) groups is 1. The fourth-order valence-electron chi connectivity index (χ4n) is 2.11. The summed E-state index contributed by atoms with van der Waals surface area (Å²) in [5.41, 5.74) is 0.750. The van der Waals surface area contributed by atoms with Crippen molar-refractivity contribution in [2.45, 2.75) is 13.3 Å². The first-order valence-electron chi connectivity index (χ1n) is 7.38. The van der Waals surface area contributed by atoms with E-state index in [1.807, 2.05) is 6.92 Å². The molecule has 0 spiro atoms. The van der Waals surface area contributed by atoms with Crippen molar-refractivity contribution in [1.82, 2.24) is 4.90 Å². The molecule has 1 aliphatic rings. The third-order valence-electron chi connectivity index (χ3n) is 3.19. The summed E-state index contributed by atoms with van der Waals surface area (Å²) in [5, 5.41) is 0.440. The number of nitrogens with zero attached hydrogens (tertiary/aromatic N) is 1. The highest BCUT2D eigenvalue weighted by Crippen LogP contribution is 2.39. The molecule has 0 saturated carbocycles. The average molecular weight is 384 g/mol. The number of thioether (sulfide) groups is 1. The van der Waals surface area contributed by atoms with E-state index in [0.717, 1.165) is 12.0 Å². The number of hydrogen-bond donors (Lipinski definition) is 0. The molecule has 1 aliphatic heterocycles. The Morgan fingerprint density at radius 2 is 2.21 bits per heavy atom. The maximum atomic E-state index is 12.4. The van der Waals surface area contributed by atoms with E-state index in [1.165, 1.54) is 16.7 Å². The first-order chi connectivity index (χ1) is 11.5. The number of benzene rings is 1. The van der Waals surface area contributed by atoms with Crippen molar-refractivity contribution < 1.29 is 14.3 Å². The predicted octanol–water partition coefficient (Wildman–Crippen LogP) is 4.52. The minimum absolute atomic E-state index is 0.133. The van der Waals surface area contributed by atoms with Crippen LogP contribution in [0.4, 0.5) is 0 Å². The number of carbonyl (C=O) groups excluding carboxylic acids is 1. The van der Waals surface area contributed by atoms with Gasteiger partial charge in [0.25, 0.3) is 5.91 Å². The molecule has 1 heterocycles. The zero-order valence-electron chi connectivity index (χ0n) is 13.5. The Morgan fingerprint density at radius 3 is 2.83 bits per heavy atom. The lowest BCUT2D eigenvalue weighted by Crippen LogP contribution is -2.27. The summed E-state index contributed by atoms with van der Waals surface area (Å²) in [6.45, 7) is 6.60. The molecule has 1 aromatic rings. The number of rotatable bonds is 7.